The van der Waals surface area contributed by atoms with Crippen LogP contribution in [0.4, 0.5) is 10.1 Å². The molecule has 2 heterocycles. The molecule has 0 spiro atoms. The van der Waals surface area contributed by atoms with Gasteiger partial charge in [0.05, 0.1) is 18.0 Å². The Hall–Kier alpha value is -3.09. The van der Waals surface area contributed by atoms with Gasteiger partial charge in [-0.05, 0) is 32.0 Å². The minimum Gasteiger partial charge on any atom is -0.492 e. The van der Waals surface area contributed by atoms with Gasteiger partial charge in [0, 0.05) is 30.0 Å². The molecule has 6 nitrogen and oxygen atoms in total. The molecule has 0 aliphatic carbocycles. The van der Waals surface area contributed by atoms with Crippen molar-refractivity contribution in [3.63, 3.8) is 0 Å². The largest absolute Gasteiger partial charge is 0.492 e. The van der Waals surface area contributed by atoms with Crippen molar-refractivity contribution in [2.45, 2.75) is 38.9 Å². The maximum absolute atomic E-state index is 13.4. The Labute approximate surface area is 162 Å². The molecule has 0 unspecified atom stereocenters. The van der Waals surface area contributed by atoms with Crippen molar-refractivity contribution in [3.8, 4) is 11.5 Å². The first kappa shape index (κ1) is 18.3. The minimum absolute atomic E-state index is 0.0934. The number of benzene rings is 2. The summed E-state index contributed by atoms with van der Waals surface area (Å²) in [7, 11) is 0. The number of amides is 1. The number of nitrogens with zero attached hydrogens (tertiary/aromatic N) is 1. The van der Waals surface area contributed by atoms with Crippen LogP contribution >= 0.6 is 0 Å². The number of halogens is 1. The Morgan fingerprint density at radius 2 is 2.18 bits per heavy atom. The molecule has 1 N–H and O–H groups in total. The summed E-state index contributed by atoms with van der Waals surface area (Å²) in [6, 6.07) is 9.75. The fraction of sp³-hybridized carbons (Fsp3) is 0.333. The number of carbonyl (C=O) groups is 1. The molecule has 2 aliphatic heterocycles. The van der Waals surface area contributed by atoms with E-state index >= 15 is 0 Å². The zero-order valence-corrected chi connectivity index (χ0v) is 15.7. The van der Waals surface area contributed by atoms with Crippen LogP contribution in [0.5, 0.6) is 11.5 Å². The lowest BCUT2D eigenvalue weighted by molar-refractivity contribution is -0.125. The van der Waals surface area contributed by atoms with Gasteiger partial charge < -0.3 is 19.6 Å². The molecule has 0 bridgehead atoms. The van der Waals surface area contributed by atoms with E-state index in [4.69, 9.17) is 14.3 Å². The Morgan fingerprint density at radius 3 is 2.96 bits per heavy atom. The van der Waals surface area contributed by atoms with E-state index in [2.05, 4.69) is 10.5 Å². The third-order valence-electron chi connectivity index (χ3n) is 4.68. The summed E-state index contributed by atoms with van der Waals surface area (Å²) in [5, 5.41) is 6.80. The van der Waals surface area contributed by atoms with E-state index in [0.717, 1.165) is 17.7 Å². The third-order valence-corrected chi connectivity index (χ3v) is 4.68. The zero-order valence-electron chi connectivity index (χ0n) is 15.7. The van der Waals surface area contributed by atoms with Crippen LogP contribution < -0.4 is 14.8 Å². The maximum Gasteiger partial charge on any atom is 0.268 e. The number of hydrogen-bond donors (Lipinski definition) is 1. The van der Waals surface area contributed by atoms with Gasteiger partial charge >= 0.3 is 0 Å². The van der Waals surface area contributed by atoms with Crippen molar-refractivity contribution in [3.05, 3.63) is 53.3 Å². The Balaban J connectivity index is 1.48. The van der Waals surface area contributed by atoms with Gasteiger partial charge in [-0.1, -0.05) is 17.3 Å². The normalized spacial score (nSPS) is 20.0. The number of anilines is 1. The molecule has 28 heavy (non-hydrogen) atoms. The molecule has 2 aromatic rings. The van der Waals surface area contributed by atoms with Gasteiger partial charge in [-0.15, -0.1) is 0 Å². The molecular formula is C21H21FN2O4. The van der Waals surface area contributed by atoms with Gasteiger partial charge in [0.25, 0.3) is 5.91 Å². The number of rotatable bonds is 5. The van der Waals surface area contributed by atoms with Gasteiger partial charge in [0.15, 0.2) is 0 Å². The standard InChI is InChI=1S/C21H21FN2O4/c1-3-26-19-9-14-7-12(2)27-18(14)11-17(19)23-21(25)20-10-16(24-28-20)13-5-4-6-15(22)8-13/h4-6,8-9,11-12,20H,3,7,10H2,1-2H3,(H,23,25)/t12-,20+/m1/s1. The van der Waals surface area contributed by atoms with Gasteiger partial charge in [0.1, 0.15) is 23.4 Å². The van der Waals surface area contributed by atoms with Crippen molar-refractivity contribution in [1.82, 2.24) is 0 Å². The minimum atomic E-state index is -0.791. The van der Waals surface area contributed by atoms with Crippen molar-refractivity contribution < 1.29 is 23.5 Å². The molecule has 0 radical (unpaired) electrons. The number of fused-ring (bicyclic) bond motifs is 1. The molecule has 1 amide bonds. The lowest BCUT2D eigenvalue weighted by atomic mass is 10.0. The van der Waals surface area contributed by atoms with E-state index in [1.54, 1.807) is 18.2 Å². The van der Waals surface area contributed by atoms with Crippen LogP contribution in [0.1, 0.15) is 31.4 Å². The molecular weight excluding hydrogens is 363 g/mol. The van der Waals surface area contributed by atoms with Crippen LogP contribution in [0.2, 0.25) is 0 Å². The number of ether oxygens (including phenoxy) is 2. The van der Waals surface area contributed by atoms with Crippen LogP contribution in [0.3, 0.4) is 0 Å². The maximum atomic E-state index is 13.4. The van der Waals surface area contributed by atoms with Crippen LogP contribution in [0.25, 0.3) is 0 Å². The first-order chi connectivity index (χ1) is 13.5. The fourth-order valence-corrected chi connectivity index (χ4v) is 3.38. The quantitative estimate of drug-likeness (QED) is 0.854. The van der Waals surface area contributed by atoms with Crippen molar-refractivity contribution in [2.75, 3.05) is 11.9 Å². The average molecular weight is 384 g/mol. The van der Waals surface area contributed by atoms with E-state index in [-0.39, 0.29) is 24.2 Å². The molecule has 2 atom stereocenters. The van der Waals surface area contributed by atoms with E-state index in [9.17, 15) is 9.18 Å². The molecule has 0 fully saturated rings. The number of nitrogens with one attached hydrogen (secondary N) is 1. The SMILES string of the molecule is CCOc1cc2c(cc1NC(=O)[C@@H]1CC(c3cccc(F)c3)=NO1)O[C@H](C)C2. The summed E-state index contributed by atoms with van der Waals surface area (Å²) in [5.41, 5.74) is 2.73. The number of carbonyl (C=O) groups excluding carboxylic acids is 1. The van der Waals surface area contributed by atoms with Gasteiger partial charge in [-0.3, -0.25) is 4.79 Å². The predicted octanol–water partition coefficient (Wildman–Crippen LogP) is 3.68. The summed E-state index contributed by atoms with van der Waals surface area (Å²) >= 11 is 0. The van der Waals surface area contributed by atoms with Crippen molar-refractivity contribution in [2.24, 2.45) is 5.16 Å². The highest BCUT2D eigenvalue weighted by atomic mass is 19.1. The molecule has 0 aromatic heterocycles. The zero-order chi connectivity index (χ0) is 19.7. The smallest absolute Gasteiger partial charge is 0.268 e. The number of oxime groups is 1. The van der Waals surface area contributed by atoms with Gasteiger partial charge in [0.2, 0.25) is 6.10 Å². The number of hydrogen-bond acceptors (Lipinski definition) is 5. The van der Waals surface area contributed by atoms with E-state index in [1.807, 2.05) is 19.9 Å². The third kappa shape index (κ3) is 3.65. The second-order valence-corrected chi connectivity index (χ2v) is 6.86. The summed E-state index contributed by atoms with van der Waals surface area (Å²) < 4.78 is 24.9. The molecule has 146 valence electrons. The Bertz CT molecular complexity index is 944. The van der Waals surface area contributed by atoms with E-state index in [0.29, 0.717) is 29.3 Å². The highest BCUT2D eigenvalue weighted by Gasteiger charge is 2.30. The fourth-order valence-electron chi connectivity index (χ4n) is 3.38. The molecule has 7 heteroatoms. The van der Waals surface area contributed by atoms with Crippen LogP contribution in [-0.2, 0) is 16.1 Å². The average Bonchev–Trinajstić information content (AvgIpc) is 3.28. The first-order valence-electron chi connectivity index (χ1n) is 9.29. The lowest BCUT2D eigenvalue weighted by Crippen LogP contribution is -2.28. The molecule has 0 saturated carbocycles. The second kappa shape index (κ2) is 7.50. The van der Waals surface area contributed by atoms with Gasteiger partial charge in [-0.25, -0.2) is 4.39 Å². The predicted molar refractivity (Wildman–Crippen MR) is 102 cm³/mol. The summed E-state index contributed by atoms with van der Waals surface area (Å²) in [6.45, 7) is 4.36. The molecule has 2 aliphatic rings. The highest BCUT2D eigenvalue weighted by molar-refractivity contribution is 6.06. The summed E-state index contributed by atoms with van der Waals surface area (Å²) in [5.74, 6) is 0.635. The molecule has 2 aromatic carbocycles. The topological polar surface area (TPSA) is 69.2 Å². The Kier molecular flexibility index (Phi) is 4.90. The monoisotopic (exact) mass is 384 g/mol. The van der Waals surface area contributed by atoms with E-state index < -0.39 is 6.10 Å². The van der Waals surface area contributed by atoms with E-state index in [1.165, 1.54) is 12.1 Å². The van der Waals surface area contributed by atoms with Crippen molar-refractivity contribution in [1.29, 1.82) is 0 Å². The Morgan fingerprint density at radius 1 is 1.32 bits per heavy atom. The summed E-state index contributed by atoms with van der Waals surface area (Å²) in [6.07, 6.45) is 0.370. The lowest BCUT2D eigenvalue weighted by Gasteiger charge is -2.15. The van der Waals surface area contributed by atoms with Crippen molar-refractivity contribution >= 4 is 17.3 Å². The molecule has 4 rings (SSSR count). The van der Waals surface area contributed by atoms with Gasteiger partial charge in [-0.2, -0.15) is 0 Å². The molecule has 0 saturated heterocycles. The second-order valence-electron chi connectivity index (χ2n) is 6.86. The van der Waals surface area contributed by atoms with Crippen LogP contribution in [-0.4, -0.2) is 30.4 Å². The first-order valence-corrected chi connectivity index (χ1v) is 9.29. The van der Waals surface area contributed by atoms with Crippen LogP contribution in [0.15, 0.2) is 41.6 Å². The van der Waals surface area contributed by atoms with Crippen LogP contribution in [0, 0.1) is 5.82 Å². The highest BCUT2D eigenvalue weighted by Crippen LogP contribution is 2.38. The summed E-state index contributed by atoms with van der Waals surface area (Å²) in [4.78, 5) is 18.0.